The predicted molar refractivity (Wildman–Crippen MR) is 470 cm³/mol. The molecule has 0 N–H and O–H groups in total. The summed E-state index contributed by atoms with van der Waals surface area (Å²) < 4.78 is 53.0. The molecule has 8 aromatic carbocycles. The number of benzene rings is 8. The van der Waals surface area contributed by atoms with Gasteiger partial charge in [0.15, 0.2) is 76.6 Å². The molecule has 0 spiro atoms. The van der Waals surface area contributed by atoms with Gasteiger partial charge < -0.3 is 22.1 Å². The highest BCUT2D eigenvalue weighted by molar-refractivity contribution is 5.88. The number of aromatic nitrogens is 10. The van der Waals surface area contributed by atoms with Crippen molar-refractivity contribution >= 4 is 55.5 Å². The largest absolute Gasteiger partial charge is 0.436 e. The minimum absolute atomic E-state index is 0. The van der Waals surface area contributed by atoms with E-state index in [2.05, 4.69) is 229 Å². The lowest BCUT2D eigenvalue weighted by Gasteiger charge is -2.17. The Kier molecular flexibility index (Phi) is 28.1. The molecule has 0 fully saturated rings. The fraction of sp³-hybridized carbons (Fsp3) is 0.220. The lowest BCUT2D eigenvalue weighted by atomic mass is 9.88. The maximum absolute atomic E-state index is 13.1. The topological polar surface area (TPSA) is 150 Å². The highest BCUT2D eigenvalue weighted by Gasteiger charge is 2.27. The van der Waals surface area contributed by atoms with Crippen molar-refractivity contribution in [3.8, 4) is 90.6 Å². The van der Waals surface area contributed by atoms with Crippen LogP contribution in [-0.2, 0) is 35.2 Å². The van der Waals surface area contributed by atoms with Crippen LogP contribution in [0.1, 0.15) is 121 Å². The van der Waals surface area contributed by atoms with Crippen LogP contribution in [-0.4, -0.2) is 24.9 Å². The number of halogens is 1. The maximum atomic E-state index is 13.1. The second-order valence-corrected chi connectivity index (χ2v) is 28.7. The molecule has 0 saturated heterocycles. The van der Waals surface area contributed by atoms with Crippen molar-refractivity contribution in [1.29, 1.82) is 0 Å². The van der Waals surface area contributed by atoms with Crippen LogP contribution in [0.15, 0.2) is 284 Å². The van der Waals surface area contributed by atoms with Gasteiger partial charge in [0.2, 0.25) is 45.9 Å². The van der Waals surface area contributed by atoms with E-state index < -0.39 is 0 Å². The molecule has 0 aliphatic carbocycles. The summed E-state index contributed by atoms with van der Waals surface area (Å²) in [4.78, 5) is 22.6. The molecule has 18 aromatic rings. The quantitative estimate of drug-likeness (QED) is 0.121. The molecule has 116 heavy (non-hydrogen) atoms. The molecule has 10 aromatic heterocycles. The molecule has 0 atom stereocenters. The zero-order chi connectivity index (χ0) is 77.7. The first-order valence-electron chi connectivity index (χ1n) is 37.3. The maximum Gasteiger partial charge on any atom is 0.257 e. The van der Waals surface area contributed by atoms with Crippen LogP contribution >= 0.6 is 0 Å². The van der Waals surface area contributed by atoms with Gasteiger partial charge >= 0.3 is 0 Å². The number of nitrogens with zero attached hydrogens (tertiary/aromatic N) is 10. The number of oxazole rings is 5. The van der Waals surface area contributed by atoms with Gasteiger partial charge in [-0.25, -0.2) is 29.3 Å². The molecule has 0 aliphatic rings. The normalized spacial score (nSPS) is 10.7. The molecule has 10 heterocycles. The van der Waals surface area contributed by atoms with Crippen LogP contribution in [0.4, 0.5) is 4.39 Å². The average Bonchev–Trinajstić information content (AvgIpc) is 1.64. The van der Waals surface area contributed by atoms with E-state index in [-0.39, 0.29) is 43.0 Å². The molecule has 0 saturated carbocycles. The molecule has 16 heteroatoms. The molecule has 15 nitrogen and oxygen atoms in total. The monoisotopic (exact) mass is 1550 g/mol. The fourth-order valence-corrected chi connectivity index (χ4v) is 14.2. The number of rotatable bonds is 10. The smallest absolute Gasteiger partial charge is 0.257 e. The summed E-state index contributed by atoms with van der Waals surface area (Å²) in [6, 6.07) is 74.4. The van der Waals surface area contributed by atoms with Crippen LogP contribution in [0.2, 0.25) is 0 Å². The number of hydrogen-bond acceptors (Lipinski definition) is 10. The van der Waals surface area contributed by atoms with E-state index in [9.17, 15) is 4.39 Å². The Labute approximate surface area is 682 Å². The zero-order valence-corrected chi connectivity index (χ0v) is 65.4. The van der Waals surface area contributed by atoms with Gasteiger partial charge in [-0.3, -0.25) is 0 Å². The first-order valence-corrected chi connectivity index (χ1v) is 37.3. The Balaban J connectivity index is 0.000000166. The SMILES string of the molecule is C.C.C.C.C.Cc1ccccc1-c1c2ocnc2cc[n+]1C.Cc1ccccc1-c1cc2oc(-c3c(C(C)C)cccc3C(C)C)nc2c[n+]1C.Cc1ccccc1-c1cc2oc(-c3ccc(F)cc3)nc2c[n+]1C.Cc1ccccc1-c1cc2oc(-c3ccccc3)nc2c[n+]1C.Cc1nc2cc[n+](C)c(-c3ccccc3C)c2o1. The number of aryl methyl sites for hydroxylation is 11. The van der Waals surface area contributed by atoms with E-state index in [1.165, 1.54) is 79.7 Å². The van der Waals surface area contributed by atoms with Crippen LogP contribution in [0.25, 0.3) is 146 Å². The summed E-state index contributed by atoms with van der Waals surface area (Å²) in [6.07, 6.45) is 11.6. The van der Waals surface area contributed by atoms with Crippen molar-refractivity contribution in [3.05, 3.63) is 312 Å². The molecular formula is C100H110FN10O5+5. The van der Waals surface area contributed by atoms with Crippen molar-refractivity contribution in [1.82, 2.24) is 24.9 Å². The predicted octanol–water partition coefficient (Wildman–Crippen LogP) is 24.0. The van der Waals surface area contributed by atoms with Crippen LogP contribution in [0.5, 0.6) is 0 Å². The summed E-state index contributed by atoms with van der Waals surface area (Å²) in [5.74, 6) is 3.09. The van der Waals surface area contributed by atoms with Gasteiger partial charge in [-0.15, -0.1) is 0 Å². The third-order valence-electron chi connectivity index (χ3n) is 20.1. The average molecular weight is 1550 g/mol. The van der Waals surface area contributed by atoms with Crippen LogP contribution in [0.3, 0.4) is 0 Å². The van der Waals surface area contributed by atoms with E-state index in [0.29, 0.717) is 35.1 Å². The van der Waals surface area contributed by atoms with Gasteiger partial charge in [0.25, 0.3) is 11.4 Å². The summed E-state index contributed by atoms with van der Waals surface area (Å²) in [5, 5.41) is 0. The summed E-state index contributed by atoms with van der Waals surface area (Å²) in [6.45, 7) is 21.3. The van der Waals surface area contributed by atoms with Crippen molar-refractivity contribution in [2.24, 2.45) is 35.2 Å². The minimum atomic E-state index is -0.275. The molecular weight excluding hydrogens is 1440 g/mol. The third kappa shape index (κ3) is 18.4. The van der Waals surface area contributed by atoms with Crippen molar-refractivity contribution in [3.63, 3.8) is 0 Å². The Morgan fingerprint density at radius 2 is 0.681 bits per heavy atom. The Hall–Kier alpha value is -13.2. The summed E-state index contributed by atoms with van der Waals surface area (Å²) in [7, 11) is 10.1. The van der Waals surface area contributed by atoms with E-state index in [1.54, 1.807) is 12.1 Å². The van der Waals surface area contributed by atoms with Gasteiger partial charge in [-0.2, -0.15) is 22.8 Å². The first kappa shape index (κ1) is 86.8. The highest BCUT2D eigenvalue weighted by Crippen LogP contribution is 2.39. The van der Waals surface area contributed by atoms with Crippen molar-refractivity contribution in [2.75, 3.05) is 0 Å². The standard InChI is InChI=1S/C26H29N2O.C20H16FN2O.C20H17N2O.C15H15N2O.C14H13N2O.5CH4/c1-16(2)19-12-9-13-20(17(3)4)25(19)26-27-22-15-28(6)23(14-24(22)29-26)21-11-8-7-10-18(21)5;1-13-5-3-4-6-16(13)18-11-19-17(12-23(18)2)22-20(24-19)14-7-9-15(21)10-8-14;1-14-8-6-7-11-16(14)18-12-19-17(13-22(18)2)21-20(23-19)15-9-4-3-5-10-15;1-10-6-4-5-7-12(10)14-15-13(8-9-17(14)3)16-11(2)18-15;1-10-5-3-4-6-11(10)13-14-12(15-9-17-14)7-8-16(13)2;;;;;/h7-17H,1-6H3;3-12H,1-2H3;3-13H,1-2H3;4-9H,1-3H3;3-9H,1-2H3;5*1H4/q5*+1;;;;;. The Morgan fingerprint density at radius 3 is 1.09 bits per heavy atom. The molecule has 18 rings (SSSR count). The third-order valence-corrected chi connectivity index (χ3v) is 20.1. The molecule has 0 radical (unpaired) electrons. The van der Waals surface area contributed by atoms with Gasteiger partial charge in [-0.05, 0) is 152 Å². The Bertz CT molecular complexity index is 6380. The lowest BCUT2D eigenvalue weighted by Crippen LogP contribution is -2.30. The van der Waals surface area contributed by atoms with Gasteiger partial charge in [-0.1, -0.05) is 192 Å². The second-order valence-electron chi connectivity index (χ2n) is 28.7. The van der Waals surface area contributed by atoms with Crippen LogP contribution < -0.4 is 22.8 Å². The second kappa shape index (κ2) is 37.6. The van der Waals surface area contributed by atoms with Crippen molar-refractivity contribution in [2.45, 2.75) is 118 Å². The van der Waals surface area contributed by atoms with Gasteiger partial charge in [0.05, 0.1) is 29.3 Å². The zero-order valence-electron chi connectivity index (χ0n) is 65.4. The van der Waals surface area contributed by atoms with E-state index >= 15 is 0 Å². The Morgan fingerprint density at radius 1 is 0.328 bits per heavy atom. The molecule has 592 valence electrons. The number of pyridine rings is 5. The van der Waals surface area contributed by atoms with Gasteiger partial charge in [0, 0.05) is 52.4 Å². The van der Waals surface area contributed by atoms with Gasteiger partial charge in [0.1, 0.15) is 52.1 Å². The van der Waals surface area contributed by atoms with E-state index in [0.717, 1.165) is 107 Å². The van der Waals surface area contributed by atoms with E-state index in [4.69, 9.17) is 27.1 Å². The summed E-state index contributed by atoms with van der Waals surface area (Å²) >= 11 is 0. The fourth-order valence-electron chi connectivity index (χ4n) is 14.2. The molecule has 0 aliphatic heterocycles. The molecule has 0 unspecified atom stereocenters. The van der Waals surface area contributed by atoms with E-state index in [1.807, 2.05) is 149 Å². The summed E-state index contributed by atoms with van der Waals surface area (Å²) in [5.41, 5.74) is 31.3. The van der Waals surface area contributed by atoms with Crippen molar-refractivity contribution < 1.29 is 49.3 Å². The number of fused-ring (bicyclic) bond motifs is 5. The minimum Gasteiger partial charge on any atom is -0.436 e. The molecule has 0 bridgehead atoms. The number of hydrogen-bond donors (Lipinski definition) is 0. The van der Waals surface area contributed by atoms with Crippen LogP contribution in [0, 0.1) is 47.4 Å². The first-order chi connectivity index (χ1) is 53.6. The molecule has 0 amide bonds. The highest BCUT2D eigenvalue weighted by atomic mass is 19.1. The lowest BCUT2D eigenvalue weighted by molar-refractivity contribution is -0.659.